The molecular weight excluding hydrogens is 276 g/mol. The molecule has 0 spiro atoms. The normalized spacial score (nSPS) is 16.8. The highest BCUT2D eigenvalue weighted by Crippen LogP contribution is 2.33. The number of nitrogens with zero attached hydrogens (tertiary/aromatic N) is 1. The number of nitrogens with one attached hydrogen (secondary N) is 1. The van der Waals surface area contributed by atoms with Crippen LogP contribution in [0.3, 0.4) is 0 Å². The van der Waals surface area contributed by atoms with Crippen LogP contribution in [0.5, 0.6) is 5.75 Å². The third-order valence-electron chi connectivity index (χ3n) is 3.10. The third kappa shape index (κ3) is 3.63. The first-order valence-electron chi connectivity index (χ1n) is 6.66. The number of para-hydroxylation sites is 2. The maximum Gasteiger partial charge on any atom is 0.346 e. The minimum absolute atomic E-state index is 0.0253. The Bertz CT molecular complexity index is 520. The fourth-order valence-corrected chi connectivity index (χ4v) is 2.06. The standard InChI is InChI=1S/C14H18N2O5/c1-20-8-4-7-15-14(19)16-9-12(13(17)18)21-11-6-3-2-5-10(11)16/h2-3,5-6,12H,4,7-9H2,1H3,(H,15,19)(H,17,18). The molecule has 0 saturated heterocycles. The maximum atomic E-state index is 12.2. The van der Waals surface area contributed by atoms with Gasteiger partial charge in [-0.3, -0.25) is 4.90 Å². The molecule has 1 aromatic rings. The summed E-state index contributed by atoms with van der Waals surface area (Å²) in [6, 6.07) is 6.54. The number of carboxylic acids is 1. The number of urea groups is 1. The maximum absolute atomic E-state index is 12.2. The van der Waals surface area contributed by atoms with Crippen molar-refractivity contribution in [3.05, 3.63) is 24.3 Å². The van der Waals surface area contributed by atoms with Crippen LogP contribution in [-0.2, 0) is 9.53 Å². The first-order valence-corrected chi connectivity index (χ1v) is 6.66. The van der Waals surface area contributed by atoms with Gasteiger partial charge >= 0.3 is 12.0 Å². The van der Waals surface area contributed by atoms with Gasteiger partial charge in [0.05, 0.1) is 12.2 Å². The molecule has 1 heterocycles. The van der Waals surface area contributed by atoms with Gasteiger partial charge in [-0.1, -0.05) is 12.1 Å². The first-order chi connectivity index (χ1) is 10.1. The number of carboxylic acid groups (broad SMARTS) is 1. The second-order valence-electron chi connectivity index (χ2n) is 4.60. The Kier molecular flexibility index (Phi) is 4.99. The van der Waals surface area contributed by atoms with Crippen molar-refractivity contribution in [3.63, 3.8) is 0 Å². The number of methoxy groups -OCH3 is 1. The summed E-state index contributed by atoms with van der Waals surface area (Å²) in [6.45, 7) is 0.990. The van der Waals surface area contributed by atoms with Crippen molar-refractivity contribution in [2.75, 3.05) is 31.7 Å². The van der Waals surface area contributed by atoms with Crippen LogP contribution in [-0.4, -0.2) is 50.0 Å². The van der Waals surface area contributed by atoms with Crippen LogP contribution in [0, 0.1) is 0 Å². The van der Waals surface area contributed by atoms with Gasteiger partial charge in [0.15, 0.2) is 0 Å². The Morgan fingerprint density at radius 3 is 2.95 bits per heavy atom. The number of rotatable bonds is 5. The topological polar surface area (TPSA) is 88.1 Å². The van der Waals surface area contributed by atoms with Gasteiger partial charge < -0.3 is 19.9 Å². The number of benzene rings is 1. The molecule has 21 heavy (non-hydrogen) atoms. The number of ether oxygens (including phenoxy) is 2. The highest BCUT2D eigenvalue weighted by Gasteiger charge is 2.33. The average Bonchev–Trinajstić information content (AvgIpc) is 2.50. The first kappa shape index (κ1) is 15.1. The molecule has 7 heteroatoms. The highest BCUT2D eigenvalue weighted by molar-refractivity contribution is 5.95. The summed E-state index contributed by atoms with van der Waals surface area (Å²) in [5.41, 5.74) is 0.569. The summed E-state index contributed by atoms with van der Waals surface area (Å²) in [7, 11) is 1.59. The molecule has 2 amide bonds. The summed E-state index contributed by atoms with van der Waals surface area (Å²) >= 11 is 0. The smallest absolute Gasteiger partial charge is 0.346 e. The van der Waals surface area contributed by atoms with Gasteiger partial charge in [-0.2, -0.15) is 0 Å². The van der Waals surface area contributed by atoms with E-state index in [2.05, 4.69) is 5.32 Å². The number of carbonyl (C=O) groups excluding carboxylic acids is 1. The van der Waals surface area contributed by atoms with Crippen molar-refractivity contribution in [1.82, 2.24) is 5.32 Å². The zero-order valence-corrected chi connectivity index (χ0v) is 11.7. The van der Waals surface area contributed by atoms with Crippen molar-refractivity contribution >= 4 is 17.7 Å². The lowest BCUT2D eigenvalue weighted by Gasteiger charge is -2.33. The Labute approximate surface area is 122 Å². The second-order valence-corrected chi connectivity index (χ2v) is 4.60. The molecule has 1 unspecified atom stereocenters. The minimum Gasteiger partial charge on any atom is -0.478 e. The predicted octanol–water partition coefficient (Wildman–Crippen LogP) is 1.08. The fourth-order valence-electron chi connectivity index (χ4n) is 2.06. The number of carbonyl (C=O) groups is 2. The second kappa shape index (κ2) is 6.94. The average molecular weight is 294 g/mol. The molecule has 1 atom stereocenters. The number of fused-ring (bicyclic) bond motifs is 1. The monoisotopic (exact) mass is 294 g/mol. The summed E-state index contributed by atoms with van der Waals surface area (Å²) < 4.78 is 10.3. The van der Waals surface area contributed by atoms with Crippen LogP contribution in [0.15, 0.2) is 24.3 Å². The van der Waals surface area contributed by atoms with Gasteiger partial charge in [-0.05, 0) is 18.6 Å². The zero-order valence-electron chi connectivity index (χ0n) is 11.7. The predicted molar refractivity (Wildman–Crippen MR) is 75.7 cm³/mol. The van der Waals surface area contributed by atoms with E-state index in [0.29, 0.717) is 31.0 Å². The van der Waals surface area contributed by atoms with Crippen LogP contribution in [0.4, 0.5) is 10.5 Å². The van der Waals surface area contributed by atoms with Crippen molar-refractivity contribution in [2.45, 2.75) is 12.5 Å². The summed E-state index contributed by atoms with van der Waals surface area (Å²) in [5.74, 6) is -0.704. The fraction of sp³-hybridized carbons (Fsp3) is 0.429. The largest absolute Gasteiger partial charge is 0.478 e. The number of aliphatic carboxylic acids is 1. The van der Waals surface area contributed by atoms with Crippen molar-refractivity contribution < 1.29 is 24.2 Å². The van der Waals surface area contributed by atoms with Crippen LogP contribution >= 0.6 is 0 Å². The Balaban J connectivity index is 2.09. The van der Waals surface area contributed by atoms with E-state index in [0.717, 1.165) is 0 Å². The van der Waals surface area contributed by atoms with Crippen LogP contribution in [0.25, 0.3) is 0 Å². The van der Waals surface area contributed by atoms with E-state index in [9.17, 15) is 9.59 Å². The van der Waals surface area contributed by atoms with Gasteiger partial charge in [-0.25, -0.2) is 9.59 Å². The molecule has 7 nitrogen and oxygen atoms in total. The quantitative estimate of drug-likeness (QED) is 0.794. The Morgan fingerprint density at radius 2 is 2.24 bits per heavy atom. The molecule has 0 radical (unpaired) electrons. The molecular formula is C14H18N2O5. The van der Waals surface area contributed by atoms with Gasteiger partial charge in [0.25, 0.3) is 0 Å². The lowest BCUT2D eigenvalue weighted by atomic mass is 10.2. The van der Waals surface area contributed by atoms with Crippen LogP contribution < -0.4 is 15.0 Å². The van der Waals surface area contributed by atoms with E-state index in [-0.39, 0.29) is 12.6 Å². The van der Waals surface area contributed by atoms with E-state index in [1.165, 1.54) is 4.90 Å². The van der Waals surface area contributed by atoms with Crippen LogP contribution in [0.1, 0.15) is 6.42 Å². The SMILES string of the molecule is COCCCNC(=O)N1CC(C(=O)O)Oc2ccccc21. The molecule has 114 valence electrons. The van der Waals surface area contributed by atoms with Gasteiger partial charge in [0, 0.05) is 20.3 Å². The van der Waals surface area contributed by atoms with Crippen molar-refractivity contribution in [1.29, 1.82) is 0 Å². The lowest BCUT2D eigenvalue weighted by molar-refractivity contribution is -0.144. The van der Waals surface area contributed by atoms with Gasteiger partial charge in [0.1, 0.15) is 5.75 Å². The van der Waals surface area contributed by atoms with Crippen molar-refractivity contribution in [2.24, 2.45) is 0 Å². The molecule has 0 aliphatic carbocycles. The molecule has 2 rings (SSSR count). The van der Waals surface area contributed by atoms with E-state index < -0.39 is 12.1 Å². The number of hydrogen-bond donors (Lipinski definition) is 2. The lowest BCUT2D eigenvalue weighted by Crippen LogP contribution is -2.50. The molecule has 0 saturated carbocycles. The Morgan fingerprint density at radius 1 is 1.48 bits per heavy atom. The molecule has 0 aromatic heterocycles. The van der Waals surface area contributed by atoms with Gasteiger partial charge in [0.2, 0.25) is 6.10 Å². The molecule has 1 aliphatic heterocycles. The summed E-state index contributed by atoms with van der Waals surface area (Å²) in [5, 5.41) is 11.9. The zero-order chi connectivity index (χ0) is 15.2. The third-order valence-corrected chi connectivity index (χ3v) is 3.10. The Hall–Kier alpha value is -2.28. The van der Waals surface area contributed by atoms with E-state index in [4.69, 9.17) is 14.6 Å². The number of amides is 2. The minimum atomic E-state index is -1.10. The number of hydrogen-bond acceptors (Lipinski definition) is 4. The van der Waals surface area contributed by atoms with Gasteiger partial charge in [-0.15, -0.1) is 0 Å². The van der Waals surface area contributed by atoms with Crippen molar-refractivity contribution in [3.8, 4) is 5.75 Å². The summed E-state index contributed by atoms with van der Waals surface area (Å²) in [4.78, 5) is 24.7. The molecule has 1 aromatic carbocycles. The molecule has 0 bridgehead atoms. The summed E-state index contributed by atoms with van der Waals surface area (Å²) in [6.07, 6.45) is -0.374. The highest BCUT2D eigenvalue weighted by atomic mass is 16.5. The van der Waals surface area contributed by atoms with E-state index >= 15 is 0 Å². The number of anilines is 1. The molecule has 0 fully saturated rings. The van der Waals surface area contributed by atoms with E-state index in [1.807, 2.05) is 0 Å². The van der Waals surface area contributed by atoms with Crippen LogP contribution in [0.2, 0.25) is 0 Å². The molecule has 1 aliphatic rings. The molecule has 2 N–H and O–H groups in total. The van der Waals surface area contributed by atoms with E-state index in [1.54, 1.807) is 31.4 Å².